The summed E-state index contributed by atoms with van der Waals surface area (Å²) in [7, 11) is 3.41. The van der Waals surface area contributed by atoms with Crippen molar-refractivity contribution < 1.29 is 9.53 Å². The highest BCUT2D eigenvalue weighted by Crippen LogP contribution is 2.43. The number of aromatic nitrogens is 3. The zero-order chi connectivity index (χ0) is 19.8. The molecule has 3 heterocycles. The topological polar surface area (TPSA) is 109 Å². The molecule has 144 valence electrons. The molecule has 0 bridgehead atoms. The number of amides is 1. The van der Waals surface area contributed by atoms with Crippen molar-refractivity contribution in [3.63, 3.8) is 0 Å². The molecule has 4 rings (SSSR count). The van der Waals surface area contributed by atoms with Gasteiger partial charge in [0.05, 0.1) is 40.5 Å². The minimum absolute atomic E-state index is 0.145. The molecule has 0 spiro atoms. The van der Waals surface area contributed by atoms with Crippen molar-refractivity contribution in [3.05, 3.63) is 46.7 Å². The summed E-state index contributed by atoms with van der Waals surface area (Å²) in [5, 5.41) is 3.38. The summed E-state index contributed by atoms with van der Waals surface area (Å²) < 4.78 is 5.50. The van der Waals surface area contributed by atoms with E-state index < -0.39 is 0 Å². The number of carbonyl (C=O) groups excluding carboxylic acids is 1. The Morgan fingerprint density at radius 2 is 2.14 bits per heavy atom. The number of para-hydroxylation sites is 1. The molecule has 0 atom stereocenters. The number of hydrogen-bond acceptors (Lipinski definition) is 6. The van der Waals surface area contributed by atoms with Crippen LogP contribution in [-0.2, 0) is 6.42 Å². The molecule has 9 heteroatoms. The normalized spacial score (nSPS) is 13.0. The van der Waals surface area contributed by atoms with Gasteiger partial charge in [-0.2, -0.15) is 0 Å². The molecule has 2 aromatic heterocycles. The Balaban J connectivity index is 1.96. The van der Waals surface area contributed by atoms with Crippen molar-refractivity contribution in [3.8, 4) is 17.1 Å². The van der Waals surface area contributed by atoms with Gasteiger partial charge in [-0.15, -0.1) is 0 Å². The number of hydrogen-bond donors (Lipinski definition) is 3. The van der Waals surface area contributed by atoms with Crippen LogP contribution in [0.5, 0.6) is 5.75 Å². The quantitative estimate of drug-likeness (QED) is 0.623. The molecule has 28 heavy (non-hydrogen) atoms. The number of anilines is 3. The van der Waals surface area contributed by atoms with Crippen LogP contribution in [0.3, 0.4) is 0 Å². The molecule has 1 aliphatic heterocycles. The molecule has 1 amide bonds. The molecule has 0 unspecified atom stereocenters. The van der Waals surface area contributed by atoms with E-state index in [9.17, 15) is 4.79 Å². The van der Waals surface area contributed by atoms with Crippen LogP contribution < -0.4 is 20.7 Å². The van der Waals surface area contributed by atoms with Crippen LogP contribution in [0.25, 0.3) is 11.4 Å². The van der Waals surface area contributed by atoms with Gasteiger partial charge in [0, 0.05) is 31.9 Å². The SMILES string of the molecule is COc1c(Cl)cccc1N(C)c1c(-c2ccnc(N)n2)[nH]c2c1C(=O)NCC2. The van der Waals surface area contributed by atoms with Gasteiger partial charge in [-0.3, -0.25) is 4.79 Å². The molecule has 0 fully saturated rings. The van der Waals surface area contributed by atoms with Gasteiger partial charge in [0.15, 0.2) is 5.75 Å². The summed E-state index contributed by atoms with van der Waals surface area (Å²) in [4.78, 5) is 26.2. The predicted octanol–water partition coefficient (Wildman–Crippen LogP) is 2.77. The Morgan fingerprint density at radius 1 is 1.32 bits per heavy atom. The van der Waals surface area contributed by atoms with E-state index in [4.69, 9.17) is 22.1 Å². The zero-order valence-corrected chi connectivity index (χ0v) is 16.2. The summed E-state index contributed by atoms with van der Waals surface area (Å²) in [6, 6.07) is 7.21. The molecular formula is C19H19ClN6O2. The van der Waals surface area contributed by atoms with E-state index >= 15 is 0 Å². The molecular weight excluding hydrogens is 380 g/mol. The van der Waals surface area contributed by atoms with Gasteiger partial charge in [-0.1, -0.05) is 17.7 Å². The second-order valence-corrected chi connectivity index (χ2v) is 6.77. The summed E-state index contributed by atoms with van der Waals surface area (Å²) >= 11 is 6.31. The fourth-order valence-corrected chi connectivity index (χ4v) is 3.73. The van der Waals surface area contributed by atoms with Gasteiger partial charge in [0.2, 0.25) is 5.95 Å². The number of ether oxygens (including phenoxy) is 1. The van der Waals surface area contributed by atoms with E-state index in [0.717, 1.165) is 11.4 Å². The second-order valence-electron chi connectivity index (χ2n) is 6.36. The minimum Gasteiger partial charge on any atom is -0.493 e. The zero-order valence-electron chi connectivity index (χ0n) is 15.4. The number of benzene rings is 1. The summed E-state index contributed by atoms with van der Waals surface area (Å²) in [6.07, 6.45) is 2.27. The van der Waals surface area contributed by atoms with Crippen molar-refractivity contribution in [2.45, 2.75) is 6.42 Å². The Hall–Kier alpha value is -3.26. The lowest BCUT2D eigenvalue weighted by molar-refractivity contribution is 0.0946. The van der Waals surface area contributed by atoms with Crippen molar-refractivity contribution in [1.82, 2.24) is 20.3 Å². The molecule has 1 aliphatic rings. The number of aromatic amines is 1. The predicted molar refractivity (Wildman–Crippen MR) is 108 cm³/mol. The first-order valence-electron chi connectivity index (χ1n) is 8.69. The fraction of sp³-hybridized carbons (Fsp3) is 0.211. The van der Waals surface area contributed by atoms with Crippen molar-refractivity contribution in [1.29, 1.82) is 0 Å². The largest absolute Gasteiger partial charge is 0.493 e. The van der Waals surface area contributed by atoms with E-state index in [2.05, 4.69) is 20.3 Å². The number of nitrogen functional groups attached to an aromatic ring is 1. The monoisotopic (exact) mass is 398 g/mol. The van der Waals surface area contributed by atoms with E-state index in [1.165, 1.54) is 0 Å². The lowest BCUT2D eigenvalue weighted by Gasteiger charge is -2.25. The molecule has 0 radical (unpaired) electrons. The average molecular weight is 399 g/mol. The van der Waals surface area contributed by atoms with Crippen molar-refractivity contribution in [2.24, 2.45) is 0 Å². The number of rotatable bonds is 4. The van der Waals surface area contributed by atoms with E-state index in [1.807, 2.05) is 24.1 Å². The second kappa shape index (κ2) is 7.05. The Labute approximate surface area is 166 Å². The molecule has 3 aromatic rings. The van der Waals surface area contributed by atoms with Crippen LogP contribution in [-0.4, -0.2) is 41.6 Å². The lowest BCUT2D eigenvalue weighted by atomic mass is 10.1. The first-order chi connectivity index (χ1) is 13.5. The highest BCUT2D eigenvalue weighted by atomic mass is 35.5. The van der Waals surface area contributed by atoms with Gasteiger partial charge in [-0.05, 0) is 18.2 Å². The van der Waals surface area contributed by atoms with E-state index in [0.29, 0.717) is 46.4 Å². The number of H-pyrrole nitrogens is 1. The summed E-state index contributed by atoms with van der Waals surface area (Å²) in [5.74, 6) is 0.531. The molecule has 8 nitrogen and oxygen atoms in total. The van der Waals surface area contributed by atoms with E-state index in [-0.39, 0.29) is 11.9 Å². The van der Waals surface area contributed by atoms with Crippen molar-refractivity contribution >= 4 is 34.8 Å². The van der Waals surface area contributed by atoms with Gasteiger partial charge in [-0.25, -0.2) is 9.97 Å². The molecule has 4 N–H and O–H groups in total. The summed E-state index contributed by atoms with van der Waals surface area (Å²) in [6.45, 7) is 0.571. The first-order valence-corrected chi connectivity index (χ1v) is 9.07. The lowest BCUT2D eigenvalue weighted by Crippen LogP contribution is -2.32. The third kappa shape index (κ3) is 2.91. The van der Waals surface area contributed by atoms with Crippen LogP contribution in [0, 0.1) is 0 Å². The molecule has 0 saturated carbocycles. The standard InChI is InChI=1S/C19H19ClN6O2/c1-26(13-5-3-4-10(20)17(13)28-2)16-14-11(6-8-22-18(14)27)24-15(16)12-7-9-23-19(21)25-12/h3-5,7,9,24H,6,8H2,1-2H3,(H,22,27)(H2,21,23,25). The van der Waals surface area contributed by atoms with Gasteiger partial charge in [0.25, 0.3) is 5.91 Å². The number of carbonyl (C=O) groups is 1. The average Bonchev–Trinajstić information content (AvgIpc) is 3.08. The molecule has 1 aromatic carbocycles. The number of nitrogens with two attached hydrogens (primary N) is 1. The van der Waals surface area contributed by atoms with Crippen molar-refractivity contribution in [2.75, 3.05) is 31.3 Å². The number of nitrogens with one attached hydrogen (secondary N) is 2. The van der Waals surface area contributed by atoms with Crippen LogP contribution in [0.4, 0.5) is 17.3 Å². The highest BCUT2D eigenvalue weighted by Gasteiger charge is 2.30. The maximum absolute atomic E-state index is 12.7. The smallest absolute Gasteiger partial charge is 0.255 e. The van der Waals surface area contributed by atoms with Crippen LogP contribution in [0.2, 0.25) is 5.02 Å². The van der Waals surface area contributed by atoms with Gasteiger partial charge >= 0.3 is 0 Å². The third-order valence-corrected chi connectivity index (χ3v) is 5.01. The third-order valence-electron chi connectivity index (χ3n) is 4.72. The van der Waals surface area contributed by atoms with Crippen LogP contribution in [0.1, 0.15) is 16.1 Å². The van der Waals surface area contributed by atoms with E-state index in [1.54, 1.807) is 25.4 Å². The maximum Gasteiger partial charge on any atom is 0.255 e. The van der Waals surface area contributed by atoms with Crippen LogP contribution in [0.15, 0.2) is 30.5 Å². The molecule has 0 aliphatic carbocycles. The Bertz CT molecular complexity index is 1060. The number of fused-ring (bicyclic) bond motifs is 1. The Kier molecular flexibility index (Phi) is 4.56. The van der Waals surface area contributed by atoms with Gasteiger partial charge in [0.1, 0.15) is 0 Å². The first kappa shape index (κ1) is 18.1. The fourth-order valence-electron chi connectivity index (χ4n) is 3.48. The number of methoxy groups -OCH3 is 1. The summed E-state index contributed by atoms with van der Waals surface area (Å²) in [5.41, 5.74) is 9.87. The Morgan fingerprint density at radius 3 is 2.89 bits per heavy atom. The number of nitrogens with zero attached hydrogens (tertiary/aromatic N) is 3. The van der Waals surface area contributed by atoms with Gasteiger partial charge < -0.3 is 25.7 Å². The highest BCUT2D eigenvalue weighted by molar-refractivity contribution is 6.32. The molecule has 0 saturated heterocycles. The minimum atomic E-state index is -0.145. The van der Waals surface area contributed by atoms with Crippen LogP contribution >= 0.6 is 11.6 Å². The maximum atomic E-state index is 12.7. The number of halogens is 1.